The van der Waals surface area contributed by atoms with Gasteiger partial charge in [-0.05, 0) is 31.2 Å². The molecule has 0 unspecified atom stereocenters. The lowest BCUT2D eigenvalue weighted by Gasteiger charge is -2.14. The lowest BCUT2D eigenvalue weighted by Crippen LogP contribution is -2.23. The van der Waals surface area contributed by atoms with E-state index in [4.69, 9.17) is 4.74 Å². The van der Waals surface area contributed by atoms with Crippen molar-refractivity contribution in [3.05, 3.63) is 59.7 Å². The fraction of sp³-hybridized carbons (Fsp3) is 0.211. The van der Waals surface area contributed by atoms with E-state index < -0.39 is 41.6 Å². The lowest BCUT2D eigenvalue weighted by atomic mass is 10.1. The van der Waals surface area contributed by atoms with Gasteiger partial charge in [0.15, 0.2) is 0 Å². The summed E-state index contributed by atoms with van der Waals surface area (Å²) >= 11 is 0. The third-order valence-electron chi connectivity index (χ3n) is 3.52. The van der Waals surface area contributed by atoms with E-state index in [1.165, 1.54) is 24.3 Å². The summed E-state index contributed by atoms with van der Waals surface area (Å²) in [6.07, 6.45) is -5.38. The minimum absolute atomic E-state index is 0.0977. The molecule has 2 rings (SSSR count). The molecule has 2 amide bonds. The summed E-state index contributed by atoms with van der Waals surface area (Å²) in [6, 6.07) is 10.5. The van der Waals surface area contributed by atoms with Crippen molar-refractivity contribution in [2.75, 3.05) is 17.2 Å². The van der Waals surface area contributed by atoms with Crippen LogP contribution in [0.2, 0.25) is 0 Å². The number of benzene rings is 2. The number of amides is 2. The van der Waals surface area contributed by atoms with Gasteiger partial charge >= 0.3 is 12.1 Å². The predicted molar refractivity (Wildman–Crippen MR) is 95.7 cm³/mol. The largest absolute Gasteiger partial charge is 0.462 e. The van der Waals surface area contributed by atoms with Crippen LogP contribution >= 0.6 is 0 Å². The number of rotatable bonds is 6. The number of alkyl halides is 3. The minimum Gasteiger partial charge on any atom is -0.462 e. The molecule has 0 aliphatic heterocycles. The molecular weight excluding hydrogens is 377 g/mol. The number of esters is 1. The van der Waals surface area contributed by atoms with Crippen molar-refractivity contribution in [2.45, 2.75) is 19.5 Å². The molecule has 0 fully saturated rings. The maximum absolute atomic E-state index is 13.0. The molecule has 148 valence electrons. The highest BCUT2D eigenvalue weighted by Gasteiger charge is 2.33. The molecule has 2 N–H and O–H groups in total. The van der Waals surface area contributed by atoms with Crippen LogP contribution in [0, 0.1) is 0 Å². The SMILES string of the molecule is CCOC(=O)c1ccccc1NC(=O)CC(=O)Nc1ccccc1C(F)(F)F. The fourth-order valence-corrected chi connectivity index (χ4v) is 2.35. The van der Waals surface area contributed by atoms with Crippen LogP contribution < -0.4 is 10.6 Å². The zero-order valence-electron chi connectivity index (χ0n) is 14.8. The van der Waals surface area contributed by atoms with Crippen molar-refractivity contribution in [1.82, 2.24) is 0 Å². The van der Waals surface area contributed by atoms with Crippen molar-refractivity contribution in [2.24, 2.45) is 0 Å². The average Bonchev–Trinajstić information content (AvgIpc) is 2.61. The Labute approximate surface area is 158 Å². The van der Waals surface area contributed by atoms with Crippen LogP contribution in [-0.4, -0.2) is 24.4 Å². The fourth-order valence-electron chi connectivity index (χ4n) is 2.35. The maximum atomic E-state index is 13.0. The number of para-hydroxylation sites is 2. The van der Waals surface area contributed by atoms with Crippen molar-refractivity contribution in [3.8, 4) is 0 Å². The van der Waals surface area contributed by atoms with E-state index in [1.54, 1.807) is 19.1 Å². The Morgan fingerprint density at radius 3 is 2.04 bits per heavy atom. The second-order valence-corrected chi connectivity index (χ2v) is 5.58. The van der Waals surface area contributed by atoms with E-state index in [0.29, 0.717) is 0 Å². The molecule has 9 heteroatoms. The number of ether oxygens (including phenoxy) is 1. The highest BCUT2D eigenvalue weighted by Crippen LogP contribution is 2.34. The Morgan fingerprint density at radius 2 is 1.43 bits per heavy atom. The molecule has 6 nitrogen and oxygen atoms in total. The summed E-state index contributed by atoms with van der Waals surface area (Å²) in [5, 5.41) is 4.47. The van der Waals surface area contributed by atoms with E-state index in [-0.39, 0.29) is 17.9 Å². The predicted octanol–water partition coefficient (Wildman–Crippen LogP) is 3.85. The van der Waals surface area contributed by atoms with Crippen molar-refractivity contribution < 1.29 is 32.3 Å². The molecule has 28 heavy (non-hydrogen) atoms. The minimum atomic E-state index is -4.65. The maximum Gasteiger partial charge on any atom is 0.418 e. The van der Waals surface area contributed by atoms with Gasteiger partial charge in [-0.3, -0.25) is 9.59 Å². The standard InChI is InChI=1S/C19H17F3N2O4/c1-2-28-18(27)12-7-3-5-9-14(12)23-16(25)11-17(26)24-15-10-6-4-8-13(15)19(20,21)22/h3-10H,2,11H2,1H3,(H,23,25)(H,24,26). The van der Waals surface area contributed by atoms with Gasteiger partial charge in [0.05, 0.1) is 29.1 Å². The van der Waals surface area contributed by atoms with E-state index in [1.807, 2.05) is 0 Å². The molecule has 0 aliphatic rings. The van der Waals surface area contributed by atoms with E-state index in [9.17, 15) is 27.6 Å². The van der Waals surface area contributed by atoms with E-state index in [0.717, 1.165) is 12.1 Å². The van der Waals surface area contributed by atoms with Gasteiger partial charge in [0.2, 0.25) is 11.8 Å². The zero-order valence-corrected chi connectivity index (χ0v) is 14.8. The molecule has 0 saturated heterocycles. The van der Waals surface area contributed by atoms with Crippen LogP contribution in [-0.2, 0) is 20.5 Å². The van der Waals surface area contributed by atoms with Crippen molar-refractivity contribution in [1.29, 1.82) is 0 Å². The highest BCUT2D eigenvalue weighted by molar-refractivity contribution is 6.10. The molecule has 0 radical (unpaired) electrons. The normalized spacial score (nSPS) is 10.9. The van der Waals surface area contributed by atoms with Gasteiger partial charge < -0.3 is 15.4 Å². The van der Waals surface area contributed by atoms with Gasteiger partial charge in [-0.2, -0.15) is 13.2 Å². The highest BCUT2D eigenvalue weighted by atomic mass is 19.4. The Bertz CT molecular complexity index is 881. The summed E-state index contributed by atoms with van der Waals surface area (Å²) in [4.78, 5) is 35.9. The van der Waals surface area contributed by atoms with Crippen LogP contribution in [0.5, 0.6) is 0 Å². The van der Waals surface area contributed by atoms with Crippen LogP contribution in [0.15, 0.2) is 48.5 Å². The van der Waals surface area contributed by atoms with Crippen LogP contribution in [0.1, 0.15) is 29.3 Å². The number of nitrogens with one attached hydrogen (secondary N) is 2. The van der Waals surface area contributed by atoms with E-state index >= 15 is 0 Å². The van der Waals surface area contributed by atoms with Gasteiger partial charge in [-0.15, -0.1) is 0 Å². The molecule has 2 aromatic carbocycles. The van der Waals surface area contributed by atoms with E-state index in [2.05, 4.69) is 10.6 Å². The number of anilines is 2. The van der Waals surface area contributed by atoms with Gasteiger partial charge in [0.25, 0.3) is 0 Å². The first-order chi connectivity index (χ1) is 13.2. The molecule has 0 spiro atoms. The Morgan fingerprint density at radius 1 is 0.893 bits per heavy atom. The lowest BCUT2D eigenvalue weighted by molar-refractivity contribution is -0.137. The quantitative estimate of drug-likeness (QED) is 0.576. The van der Waals surface area contributed by atoms with Crippen molar-refractivity contribution >= 4 is 29.2 Å². The second kappa shape index (κ2) is 9.03. The second-order valence-electron chi connectivity index (χ2n) is 5.58. The molecular formula is C19H17F3N2O4. The van der Waals surface area contributed by atoms with Gasteiger partial charge in [-0.25, -0.2) is 4.79 Å². The summed E-state index contributed by atoms with van der Waals surface area (Å²) in [7, 11) is 0. The third kappa shape index (κ3) is 5.57. The Balaban J connectivity index is 2.05. The summed E-state index contributed by atoms with van der Waals surface area (Å²) in [6.45, 7) is 1.77. The number of hydrogen-bond acceptors (Lipinski definition) is 4. The monoisotopic (exact) mass is 394 g/mol. The number of carbonyl (C=O) groups is 3. The molecule has 0 atom stereocenters. The first-order valence-corrected chi connectivity index (χ1v) is 8.24. The van der Waals surface area contributed by atoms with Gasteiger partial charge in [-0.1, -0.05) is 24.3 Å². The first-order valence-electron chi connectivity index (χ1n) is 8.24. The molecule has 0 aromatic heterocycles. The molecule has 0 saturated carbocycles. The van der Waals surface area contributed by atoms with Gasteiger partial charge in [0, 0.05) is 0 Å². The van der Waals surface area contributed by atoms with Crippen LogP contribution in [0.3, 0.4) is 0 Å². The number of carbonyl (C=O) groups excluding carboxylic acids is 3. The molecule has 0 aliphatic carbocycles. The number of hydrogen-bond donors (Lipinski definition) is 2. The number of halogens is 3. The summed E-state index contributed by atoms with van der Waals surface area (Å²) in [5.41, 5.74) is -1.23. The van der Waals surface area contributed by atoms with Crippen molar-refractivity contribution in [3.63, 3.8) is 0 Å². The summed E-state index contributed by atoms with van der Waals surface area (Å²) in [5.74, 6) is -2.37. The van der Waals surface area contributed by atoms with Gasteiger partial charge in [0.1, 0.15) is 6.42 Å². The van der Waals surface area contributed by atoms with Crippen LogP contribution in [0.25, 0.3) is 0 Å². The third-order valence-corrected chi connectivity index (χ3v) is 3.52. The molecule has 2 aromatic rings. The zero-order chi connectivity index (χ0) is 20.7. The van der Waals surface area contributed by atoms with Crippen LogP contribution in [0.4, 0.5) is 24.5 Å². The average molecular weight is 394 g/mol. The summed E-state index contributed by atoms with van der Waals surface area (Å²) < 4.78 is 43.8. The molecule has 0 heterocycles. The molecule has 0 bridgehead atoms. The first kappa shape index (κ1) is 20.9. The Kier molecular flexibility index (Phi) is 6.75. The Hall–Kier alpha value is -3.36. The topological polar surface area (TPSA) is 84.5 Å². The smallest absolute Gasteiger partial charge is 0.418 e.